The number of hydrogen-bond donors (Lipinski definition) is 2. The van der Waals surface area contributed by atoms with Crippen LogP contribution in [-0.2, 0) is 4.79 Å². The molecule has 0 spiro atoms. The Labute approximate surface area is 184 Å². The first-order valence-corrected chi connectivity index (χ1v) is 11.3. The van der Waals surface area contributed by atoms with Crippen molar-refractivity contribution < 1.29 is 4.79 Å². The molecule has 2 aromatic rings. The van der Waals surface area contributed by atoms with E-state index in [9.17, 15) is 4.79 Å². The highest BCUT2D eigenvalue weighted by Gasteiger charge is 2.21. The maximum Gasteiger partial charge on any atom is 0.227 e. The lowest BCUT2D eigenvalue weighted by Gasteiger charge is -2.29. The average Bonchev–Trinajstić information content (AvgIpc) is 3.21. The van der Waals surface area contributed by atoms with Gasteiger partial charge >= 0.3 is 0 Å². The lowest BCUT2D eigenvalue weighted by Crippen LogP contribution is -2.31. The summed E-state index contributed by atoms with van der Waals surface area (Å²) >= 11 is 5.50. The van der Waals surface area contributed by atoms with E-state index in [1.807, 2.05) is 29.2 Å². The summed E-state index contributed by atoms with van der Waals surface area (Å²) in [5.74, 6) is 0.202. The van der Waals surface area contributed by atoms with Crippen molar-refractivity contribution in [1.82, 2.24) is 5.32 Å². The van der Waals surface area contributed by atoms with Gasteiger partial charge in [-0.2, -0.15) is 0 Å². The molecule has 2 saturated heterocycles. The standard InChI is InChI=1S/C24H30N4OS/c1-18(19-7-11-21(12-8-19)27-15-3-2-4-16-27)25-24(30)26-20-9-13-22(14-10-20)28-17-5-6-23(28)29/h7-14,18H,2-6,15-17H2,1H3,(H2,25,26,30)/t18-/m0/s1. The Hall–Kier alpha value is -2.60. The summed E-state index contributed by atoms with van der Waals surface area (Å²) in [5.41, 5.74) is 4.38. The van der Waals surface area contributed by atoms with Crippen LogP contribution in [0.3, 0.4) is 0 Å². The fourth-order valence-electron chi connectivity index (χ4n) is 4.22. The van der Waals surface area contributed by atoms with Gasteiger partial charge in [-0.25, -0.2) is 0 Å². The number of hydrogen-bond acceptors (Lipinski definition) is 3. The molecule has 1 amide bonds. The van der Waals surface area contributed by atoms with Crippen LogP contribution in [0.25, 0.3) is 0 Å². The molecule has 1 atom stereocenters. The van der Waals surface area contributed by atoms with Gasteiger partial charge in [-0.15, -0.1) is 0 Å². The van der Waals surface area contributed by atoms with Gasteiger partial charge in [0.05, 0.1) is 6.04 Å². The molecule has 158 valence electrons. The Balaban J connectivity index is 1.30. The molecule has 2 fully saturated rings. The predicted octanol–water partition coefficient (Wildman–Crippen LogP) is 4.85. The molecule has 0 saturated carbocycles. The van der Waals surface area contributed by atoms with Gasteiger partial charge < -0.3 is 20.4 Å². The number of piperidine rings is 1. The summed E-state index contributed by atoms with van der Waals surface area (Å²) in [7, 11) is 0. The first-order valence-electron chi connectivity index (χ1n) is 10.9. The quantitative estimate of drug-likeness (QED) is 0.675. The van der Waals surface area contributed by atoms with Crippen molar-refractivity contribution in [3.63, 3.8) is 0 Å². The number of rotatable bonds is 5. The second-order valence-electron chi connectivity index (χ2n) is 8.16. The Morgan fingerprint density at radius 2 is 1.57 bits per heavy atom. The van der Waals surface area contributed by atoms with E-state index in [1.54, 1.807) is 0 Å². The van der Waals surface area contributed by atoms with Crippen molar-refractivity contribution in [3.8, 4) is 0 Å². The summed E-state index contributed by atoms with van der Waals surface area (Å²) in [5, 5.41) is 7.20. The van der Waals surface area contributed by atoms with Crippen LogP contribution >= 0.6 is 12.2 Å². The lowest BCUT2D eigenvalue weighted by molar-refractivity contribution is -0.117. The Morgan fingerprint density at radius 1 is 0.900 bits per heavy atom. The third kappa shape index (κ3) is 4.93. The van der Waals surface area contributed by atoms with E-state index in [4.69, 9.17) is 12.2 Å². The van der Waals surface area contributed by atoms with Crippen molar-refractivity contribution in [2.24, 2.45) is 0 Å². The van der Waals surface area contributed by atoms with E-state index in [1.165, 1.54) is 30.5 Å². The van der Waals surface area contributed by atoms with Gasteiger partial charge in [0.1, 0.15) is 0 Å². The zero-order valence-electron chi connectivity index (χ0n) is 17.6. The smallest absolute Gasteiger partial charge is 0.227 e. The summed E-state index contributed by atoms with van der Waals surface area (Å²) < 4.78 is 0. The van der Waals surface area contributed by atoms with E-state index < -0.39 is 0 Å². The van der Waals surface area contributed by atoms with Crippen molar-refractivity contribution >= 4 is 40.3 Å². The van der Waals surface area contributed by atoms with E-state index in [-0.39, 0.29) is 11.9 Å². The molecule has 0 bridgehead atoms. The van der Waals surface area contributed by atoms with Crippen LogP contribution in [0.5, 0.6) is 0 Å². The molecule has 2 heterocycles. The van der Waals surface area contributed by atoms with Crippen LogP contribution in [0.2, 0.25) is 0 Å². The lowest BCUT2D eigenvalue weighted by atomic mass is 10.1. The molecule has 0 aromatic heterocycles. The van der Waals surface area contributed by atoms with Gasteiger partial charge in [-0.05, 0) is 86.8 Å². The van der Waals surface area contributed by atoms with Crippen molar-refractivity contribution in [3.05, 3.63) is 54.1 Å². The second kappa shape index (κ2) is 9.47. The molecule has 2 aromatic carbocycles. The van der Waals surface area contributed by atoms with Crippen LogP contribution in [-0.4, -0.2) is 30.7 Å². The zero-order valence-corrected chi connectivity index (χ0v) is 18.4. The van der Waals surface area contributed by atoms with Gasteiger partial charge in [0.25, 0.3) is 0 Å². The largest absolute Gasteiger partial charge is 0.372 e. The van der Waals surface area contributed by atoms with Gasteiger partial charge in [0.15, 0.2) is 5.11 Å². The summed E-state index contributed by atoms with van der Waals surface area (Å²) in [6.45, 7) is 5.24. The molecule has 0 aliphatic carbocycles. The third-order valence-electron chi connectivity index (χ3n) is 5.97. The molecule has 0 radical (unpaired) electrons. The summed E-state index contributed by atoms with van der Waals surface area (Å²) in [4.78, 5) is 16.2. The maximum absolute atomic E-state index is 11.9. The fourth-order valence-corrected chi connectivity index (χ4v) is 4.51. The number of anilines is 3. The third-order valence-corrected chi connectivity index (χ3v) is 6.19. The molecule has 2 N–H and O–H groups in total. The molecule has 2 aliphatic heterocycles. The van der Waals surface area contributed by atoms with Crippen LogP contribution in [0, 0.1) is 0 Å². The number of nitrogens with one attached hydrogen (secondary N) is 2. The number of benzene rings is 2. The minimum Gasteiger partial charge on any atom is -0.372 e. The van der Waals surface area contributed by atoms with Crippen LogP contribution in [0.15, 0.2) is 48.5 Å². The van der Waals surface area contributed by atoms with Crippen molar-refractivity contribution in [2.45, 2.75) is 45.1 Å². The summed E-state index contributed by atoms with van der Waals surface area (Å²) in [6, 6.07) is 16.8. The molecule has 0 unspecified atom stereocenters. The maximum atomic E-state index is 11.9. The highest BCUT2D eigenvalue weighted by atomic mass is 32.1. The molecular weight excluding hydrogens is 392 g/mol. The normalized spacial score (nSPS) is 17.7. The van der Waals surface area contributed by atoms with E-state index in [2.05, 4.69) is 46.7 Å². The van der Waals surface area contributed by atoms with Crippen LogP contribution in [0.4, 0.5) is 17.1 Å². The first kappa shape index (κ1) is 20.7. The highest BCUT2D eigenvalue weighted by molar-refractivity contribution is 7.80. The number of amides is 1. The fraction of sp³-hybridized carbons (Fsp3) is 0.417. The second-order valence-corrected chi connectivity index (χ2v) is 8.56. The number of carbonyl (C=O) groups is 1. The first-order chi connectivity index (χ1) is 14.6. The zero-order chi connectivity index (χ0) is 20.9. The van der Waals surface area contributed by atoms with Gasteiger partial charge in [-0.1, -0.05) is 12.1 Å². The number of thiocarbonyl (C=S) groups is 1. The minimum absolute atomic E-state index is 0.113. The Kier molecular flexibility index (Phi) is 6.53. The van der Waals surface area contributed by atoms with E-state index in [0.717, 1.165) is 37.4 Å². The minimum atomic E-state index is 0.113. The van der Waals surface area contributed by atoms with Gasteiger partial charge in [-0.3, -0.25) is 4.79 Å². The molecule has 5 nitrogen and oxygen atoms in total. The van der Waals surface area contributed by atoms with E-state index in [0.29, 0.717) is 11.5 Å². The van der Waals surface area contributed by atoms with Crippen LogP contribution in [0.1, 0.15) is 50.6 Å². The Morgan fingerprint density at radius 3 is 2.20 bits per heavy atom. The van der Waals surface area contributed by atoms with Crippen molar-refractivity contribution in [1.29, 1.82) is 0 Å². The predicted molar refractivity (Wildman–Crippen MR) is 128 cm³/mol. The van der Waals surface area contributed by atoms with E-state index >= 15 is 0 Å². The molecular formula is C24H30N4OS. The highest BCUT2D eigenvalue weighted by Crippen LogP contribution is 2.24. The molecule has 2 aliphatic rings. The monoisotopic (exact) mass is 422 g/mol. The average molecular weight is 423 g/mol. The van der Waals surface area contributed by atoms with Gasteiger partial charge in [0, 0.05) is 43.1 Å². The number of nitrogens with zero attached hydrogens (tertiary/aromatic N) is 2. The topological polar surface area (TPSA) is 47.6 Å². The Bertz CT molecular complexity index is 875. The molecule has 6 heteroatoms. The van der Waals surface area contributed by atoms with Crippen LogP contribution < -0.4 is 20.4 Å². The number of carbonyl (C=O) groups excluding carboxylic acids is 1. The van der Waals surface area contributed by atoms with Gasteiger partial charge in [0.2, 0.25) is 5.91 Å². The molecule has 4 rings (SSSR count). The van der Waals surface area contributed by atoms with Crippen molar-refractivity contribution in [2.75, 3.05) is 34.8 Å². The summed E-state index contributed by atoms with van der Waals surface area (Å²) in [6.07, 6.45) is 5.50. The SMILES string of the molecule is C[C@H](NC(=S)Nc1ccc(N2CCCC2=O)cc1)c1ccc(N2CCCCC2)cc1. The molecule has 30 heavy (non-hydrogen) atoms.